The summed E-state index contributed by atoms with van der Waals surface area (Å²) in [6.45, 7) is 2.83. The molecule has 2 aromatic heterocycles. The SMILES string of the molecule is CCCCC(CN)Nc1ncnc2ccsc12. The normalized spacial score (nSPS) is 12.8. The van der Waals surface area contributed by atoms with Crippen LogP contribution in [-0.2, 0) is 0 Å². The van der Waals surface area contributed by atoms with E-state index in [9.17, 15) is 0 Å². The van der Waals surface area contributed by atoms with Gasteiger partial charge in [0.2, 0.25) is 0 Å². The number of nitrogens with two attached hydrogens (primary N) is 1. The van der Waals surface area contributed by atoms with Crippen molar-refractivity contribution in [1.82, 2.24) is 9.97 Å². The fraction of sp³-hybridized carbons (Fsp3) is 0.500. The van der Waals surface area contributed by atoms with Gasteiger partial charge in [0.15, 0.2) is 0 Å². The van der Waals surface area contributed by atoms with Gasteiger partial charge >= 0.3 is 0 Å². The van der Waals surface area contributed by atoms with Crippen LogP contribution >= 0.6 is 11.3 Å². The first-order chi connectivity index (χ1) is 8.35. The van der Waals surface area contributed by atoms with Crippen LogP contribution in [0.15, 0.2) is 17.8 Å². The highest BCUT2D eigenvalue weighted by atomic mass is 32.1. The Labute approximate surface area is 105 Å². The van der Waals surface area contributed by atoms with Crippen LogP contribution in [-0.4, -0.2) is 22.6 Å². The molecule has 17 heavy (non-hydrogen) atoms. The number of anilines is 1. The lowest BCUT2D eigenvalue weighted by atomic mass is 10.1. The van der Waals surface area contributed by atoms with Gasteiger partial charge in [0.05, 0.1) is 10.2 Å². The molecule has 0 bridgehead atoms. The van der Waals surface area contributed by atoms with Crippen LogP contribution in [0.1, 0.15) is 26.2 Å². The molecule has 2 heterocycles. The van der Waals surface area contributed by atoms with E-state index < -0.39 is 0 Å². The van der Waals surface area contributed by atoms with Crippen molar-refractivity contribution in [1.29, 1.82) is 0 Å². The molecule has 0 aliphatic carbocycles. The molecule has 3 N–H and O–H groups in total. The summed E-state index contributed by atoms with van der Waals surface area (Å²) < 4.78 is 1.11. The fourth-order valence-electron chi connectivity index (χ4n) is 1.78. The summed E-state index contributed by atoms with van der Waals surface area (Å²) in [7, 11) is 0. The number of hydrogen-bond donors (Lipinski definition) is 2. The molecule has 0 radical (unpaired) electrons. The zero-order valence-corrected chi connectivity index (χ0v) is 10.8. The van der Waals surface area contributed by atoms with Crippen LogP contribution in [0, 0.1) is 0 Å². The van der Waals surface area contributed by atoms with Crippen LogP contribution in [0.2, 0.25) is 0 Å². The molecule has 0 aromatic carbocycles. The molecule has 5 heteroatoms. The Bertz CT molecular complexity index is 468. The van der Waals surface area contributed by atoms with Gasteiger partial charge in [-0.25, -0.2) is 9.97 Å². The van der Waals surface area contributed by atoms with E-state index in [4.69, 9.17) is 5.73 Å². The number of nitrogens with zero attached hydrogens (tertiary/aromatic N) is 2. The minimum Gasteiger partial charge on any atom is -0.365 e. The average molecular weight is 250 g/mol. The van der Waals surface area contributed by atoms with Crippen LogP contribution in [0.25, 0.3) is 10.2 Å². The molecule has 0 amide bonds. The Hall–Kier alpha value is -1.20. The molecular weight excluding hydrogens is 232 g/mol. The number of aromatic nitrogens is 2. The van der Waals surface area contributed by atoms with E-state index in [1.165, 1.54) is 12.8 Å². The second kappa shape index (κ2) is 5.93. The third kappa shape index (κ3) is 2.92. The van der Waals surface area contributed by atoms with Crippen molar-refractivity contribution in [2.45, 2.75) is 32.2 Å². The van der Waals surface area contributed by atoms with Crippen LogP contribution in [0.4, 0.5) is 5.82 Å². The van der Waals surface area contributed by atoms with Crippen molar-refractivity contribution in [3.63, 3.8) is 0 Å². The maximum atomic E-state index is 5.78. The molecular formula is C12H18N4S. The predicted molar refractivity (Wildman–Crippen MR) is 73.4 cm³/mol. The van der Waals surface area contributed by atoms with Gasteiger partial charge in [0.25, 0.3) is 0 Å². The van der Waals surface area contributed by atoms with Crippen molar-refractivity contribution in [2.75, 3.05) is 11.9 Å². The van der Waals surface area contributed by atoms with Gasteiger partial charge in [0, 0.05) is 12.6 Å². The van der Waals surface area contributed by atoms with E-state index in [0.717, 1.165) is 22.5 Å². The Morgan fingerprint density at radius 2 is 2.35 bits per heavy atom. The molecule has 1 atom stereocenters. The topological polar surface area (TPSA) is 63.8 Å². The Kier molecular flexibility index (Phi) is 4.28. The number of unbranched alkanes of at least 4 members (excludes halogenated alkanes) is 1. The maximum absolute atomic E-state index is 5.78. The Morgan fingerprint density at radius 3 is 3.12 bits per heavy atom. The third-order valence-corrected chi connectivity index (χ3v) is 3.69. The highest BCUT2D eigenvalue weighted by Crippen LogP contribution is 2.25. The van der Waals surface area contributed by atoms with Crippen LogP contribution < -0.4 is 11.1 Å². The molecule has 2 rings (SSSR count). The molecule has 4 nitrogen and oxygen atoms in total. The second-order valence-corrected chi connectivity index (χ2v) is 4.99. The van der Waals surface area contributed by atoms with Gasteiger partial charge in [-0.05, 0) is 17.9 Å². The van der Waals surface area contributed by atoms with Crippen molar-refractivity contribution in [3.8, 4) is 0 Å². The first kappa shape index (κ1) is 12.3. The summed E-state index contributed by atoms with van der Waals surface area (Å²) in [5.41, 5.74) is 6.78. The lowest BCUT2D eigenvalue weighted by Gasteiger charge is -2.17. The molecule has 92 valence electrons. The summed E-state index contributed by atoms with van der Waals surface area (Å²) in [6.07, 6.45) is 5.07. The van der Waals surface area contributed by atoms with Crippen molar-refractivity contribution in [2.24, 2.45) is 5.73 Å². The predicted octanol–water partition coefficient (Wildman–Crippen LogP) is 2.62. The molecule has 0 fully saturated rings. The van der Waals surface area contributed by atoms with Gasteiger partial charge in [-0.15, -0.1) is 11.3 Å². The first-order valence-electron chi connectivity index (χ1n) is 6.00. The van der Waals surface area contributed by atoms with Crippen molar-refractivity contribution in [3.05, 3.63) is 17.8 Å². The fourth-order valence-corrected chi connectivity index (χ4v) is 2.58. The van der Waals surface area contributed by atoms with Crippen LogP contribution in [0.5, 0.6) is 0 Å². The smallest absolute Gasteiger partial charge is 0.147 e. The minimum absolute atomic E-state index is 0.301. The van der Waals surface area contributed by atoms with Crippen molar-refractivity contribution < 1.29 is 0 Å². The zero-order chi connectivity index (χ0) is 12.1. The molecule has 0 spiro atoms. The minimum atomic E-state index is 0.301. The highest BCUT2D eigenvalue weighted by Gasteiger charge is 2.10. The summed E-state index contributed by atoms with van der Waals surface area (Å²) in [5.74, 6) is 0.913. The van der Waals surface area contributed by atoms with Crippen LogP contribution in [0.3, 0.4) is 0 Å². The van der Waals surface area contributed by atoms with Crippen molar-refractivity contribution >= 4 is 27.4 Å². The average Bonchev–Trinajstić information content (AvgIpc) is 2.83. The third-order valence-electron chi connectivity index (χ3n) is 2.77. The molecule has 0 aliphatic rings. The molecule has 2 aromatic rings. The van der Waals surface area contributed by atoms with Gasteiger partial charge in [0.1, 0.15) is 12.1 Å². The van der Waals surface area contributed by atoms with E-state index in [1.54, 1.807) is 17.7 Å². The van der Waals surface area contributed by atoms with Gasteiger partial charge in [-0.1, -0.05) is 19.8 Å². The van der Waals surface area contributed by atoms with E-state index in [1.807, 2.05) is 11.4 Å². The monoisotopic (exact) mass is 250 g/mol. The number of rotatable bonds is 6. The van der Waals surface area contributed by atoms with Gasteiger partial charge in [-0.2, -0.15) is 0 Å². The highest BCUT2D eigenvalue weighted by molar-refractivity contribution is 7.17. The van der Waals surface area contributed by atoms with E-state index >= 15 is 0 Å². The largest absolute Gasteiger partial charge is 0.365 e. The first-order valence-corrected chi connectivity index (χ1v) is 6.88. The second-order valence-electron chi connectivity index (χ2n) is 4.08. The number of thiophene rings is 1. The number of hydrogen-bond acceptors (Lipinski definition) is 5. The summed E-state index contributed by atoms with van der Waals surface area (Å²) in [6, 6.07) is 2.31. The molecule has 1 unspecified atom stereocenters. The van der Waals surface area contributed by atoms with Gasteiger partial charge in [-0.3, -0.25) is 0 Å². The Balaban J connectivity index is 2.13. The number of nitrogens with one attached hydrogen (secondary N) is 1. The summed E-state index contributed by atoms with van der Waals surface area (Å²) in [4.78, 5) is 8.53. The van der Waals surface area contributed by atoms with E-state index in [0.29, 0.717) is 12.6 Å². The summed E-state index contributed by atoms with van der Waals surface area (Å²) in [5, 5.41) is 5.46. The number of fused-ring (bicyclic) bond motifs is 1. The Morgan fingerprint density at radius 1 is 1.47 bits per heavy atom. The van der Waals surface area contributed by atoms with E-state index in [-0.39, 0.29) is 0 Å². The lowest BCUT2D eigenvalue weighted by Crippen LogP contribution is -2.29. The lowest BCUT2D eigenvalue weighted by molar-refractivity contribution is 0.613. The molecule has 0 aliphatic heterocycles. The standard InChI is InChI=1S/C12H18N4S/c1-2-3-4-9(7-13)16-12-11-10(5-6-17-11)14-8-15-12/h5-6,8-9H,2-4,7,13H2,1H3,(H,14,15,16). The maximum Gasteiger partial charge on any atom is 0.147 e. The molecule has 0 saturated heterocycles. The summed E-state index contributed by atoms with van der Waals surface area (Å²) >= 11 is 1.66. The van der Waals surface area contributed by atoms with Gasteiger partial charge < -0.3 is 11.1 Å². The zero-order valence-electron chi connectivity index (χ0n) is 10.0. The quantitative estimate of drug-likeness (QED) is 0.827. The molecule has 0 saturated carbocycles. The van der Waals surface area contributed by atoms with E-state index in [2.05, 4.69) is 22.2 Å².